The van der Waals surface area contributed by atoms with Crippen molar-refractivity contribution in [1.82, 2.24) is 9.97 Å². The summed E-state index contributed by atoms with van der Waals surface area (Å²) < 4.78 is 31.9. The number of aromatic nitrogens is 2. The summed E-state index contributed by atoms with van der Waals surface area (Å²) in [7, 11) is 0. The molecule has 0 bridgehead atoms. The maximum absolute atomic E-state index is 13.5. The van der Waals surface area contributed by atoms with Gasteiger partial charge in [-0.15, -0.1) is 0 Å². The predicted octanol–water partition coefficient (Wildman–Crippen LogP) is 2.79. The lowest BCUT2D eigenvalue weighted by Gasteiger charge is -2.09. The molecule has 0 unspecified atom stereocenters. The van der Waals surface area contributed by atoms with Crippen molar-refractivity contribution in [3.63, 3.8) is 0 Å². The number of nitrogen functional groups attached to an aromatic ring is 1. The molecule has 1 aromatic carbocycles. The van der Waals surface area contributed by atoms with E-state index < -0.39 is 11.6 Å². The highest BCUT2D eigenvalue weighted by molar-refractivity contribution is 5.39. The van der Waals surface area contributed by atoms with Crippen LogP contribution in [-0.4, -0.2) is 9.97 Å². The Morgan fingerprint density at radius 1 is 1.30 bits per heavy atom. The molecule has 20 heavy (non-hydrogen) atoms. The molecule has 7 heteroatoms. The first kappa shape index (κ1) is 14.1. The highest BCUT2D eigenvalue weighted by Gasteiger charge is 2.12. The van der Waals surface area contributed by atoms with Crippen molar-refractivity contribution in [2.24, 2.45) is 5.84 Å². The lowest BCUT2D eigenvalue weighted by molar-refractivity contribution is 0.403. The molecular weight excluding hydrogens is 266 g/mol. The third-order valence-corrected chi connectivity index (χ3v) is 2.50. The van der Waals surface area contributed by atoms with Crippen LogP contribution in [0.4, 0.5) is 14.6 Å². The van der Waals surface area contributed by atoms with Gasteiger partial charge in [0, 0.05) is 12.5 Å². The van der Waals surface area contributed by atoms with Gasteiger partial charge >= 0.3 is 0 Å². The van der Waals surface area contributed by atoms with Crippen LogP contribution in [0.3, 0.4) is 0 Å². The Kier molecular flexibility index (Phi) is 4.41. The van der Waals surface area contributed by atoms with Gasteiger partial charge in [0.2, 0.25) is 11.7 Å². The van der Waals surface area contributed by atoms with Crippen LogP contribution in [0.1, 0.15) is 19.2 Å². The predicted molar refractivity (Wildman–Crippen MR) is 70.3 cm³/mol. The SMILES string of the molecule is CCCc1nc(NN)cc(Oc2cccc(F)c2F)n1. The zero-order chi connectivity index (χ0) is 14.5. The summed E-state index contributed by atoms with van der Waals surface area (Å²) in [6.45, 7) is 1.97. The van der Waals surface area contributed by atoms with Crippen LogP contribution in [0.2, 0.25) is 0 Å². The third-order valence-electron chi connectivity index (χ3n) is 2.50. The van der Waals surface area contributed by atoms with Crippen molar-refractivity contribution in [2.75, 3.05) is 5.43 Å². The lowest BCUT2D eigenvalue weighted by atomic mass is 10.3. The van der Waals surface area contributed by atoms with Gasteiger partial charge in [0.15, 0.2) is 11.6 Å². The maximum atomic E-state index is 13.5. The van der Waals surface area contributed by atoms with Crippen molar-refractivity contribution in [3.8, 4) is 11.6 Å². The molecule has 0 saturated carbocycles. The summed E-state index contributed by atoms with van der Waals surface area (Å²) in [5.74, 6) is 3.96. The van der Waals surface area contributed by atoms with Crippen LogP contribution < -0.4 is 16.0 Å². The average molecular weight is 280 g/mol. The number of hydrogen-bond acceptors (Lipinski definition) is 5. The fraction of sp³-hybridized carbons (Fsp3) is 0.231. The Morgan fingerprint density at radius 2 is 2.10 bits per heavy atom. The van der Waals surface area contributed by atoms with Crippen molar-refractivity contribution in [1.29, 1.82) is 0 Å². The van der Waals surface area contributed by atoms with E-state index in [1.165, 1.54) is 18.2 Å². The zero-order valence-corrected chi connectivity index (χ0v) is 10.9. The number of nitrogens with two attached hydrogens (primary N) is 1. The quantitative estimate of drug-likeness (QED) is 0.651. The van der Waals surface area contributed by atoms with Crippen LogP contribution >= 0.6 is 0 Å². The second-order valence-electron chi connectivity index (χ2n) is 4.06. The molecule has 0 radical (unpaired) electrons. The molecule has 5 nitrogen and oxygen atoms in total. The van der Waals surface area contributed by atoms with Crippen LogP contribution in [0.25, 0.3) is 0 Å². The number of halogens is 2. The molecule has 0 aliphatic carbocycles. The first-order valence-electron chi connectivity index (χ1n) is 6.10. The van der Waals surface area contributed by atoms with Crippen molar-refractivity contribution < 1.29 is 13.5 Å². The highest BCUT2D eigenvalue weighted by atomic mass is 19.2. The van der Waals surface area contributed by atoms with Crippen molar-refractivity contribution in [2.45, 2.75) is 19.8 Å². The molecular formula is C13H14F2N4O. The summed E-state index contributed by atoms with van der Waals surface area (Å²) >= 11 is 0. The number of ether oxygens (including phenoxy) is 1. The monoisotopic (exact) mass is 280 g/mol. The summed E-state index contributed by atoms with van der Waals surface area (Å²) in [6, 6.07) is 5.08. The molecule has 0 atom stereocenters. The largest absolute Gasteiger partial charge is 0.436 e. The Morgan fingerprint density at radius 3 is 2.80 bits per heavy atom. The number of rotatable bonds is 5. The van der Waals surface area contributed by atoms with E-state index in [0.29, 0.717) is 18.1 Å². The maximum Gasteiger partial charge on any atom is 0.224 e. The lowest BCUT2D eigenvalue weighted by Crippen LogP contribution is -2.11. The van der Waals surface area contributed by atoms with E-state index >= 15 is 0 Å². The minimum atomic E-state index is -1.06. The number of nitrogens with zero attached hydrogens (tertiary/aromatic N) is 2. The van der Waals surface area contributed by atoms with Gasteiger partial charge in [-0.25, -0.2) is 15.2 Å². The summed E-state index contributed by atoms with van der Waals surface area (Å²) in [5.41, 5.74) is 2.38. The van der Waals surface area contributed by atoms with Crippen LogP contribution in [-0.2, 0) is 6.42 Å². The van der Waals surface area contributed by atoms with Crippen LogP contribution in [0.5, 0.6) is 11.6 Å². The second-order valence-corrected chi connectivity index (χ2v) is 4.06. The molecule has 0 aliphatic heterocycles. The average Bonchev–Trinajstić information content (AvgIpc) is 2.44. The normalized spacial score (nSPS) is 10.4. The highest BCUT2D eigenvalue weighted by Crippen LogP contribution is 2.25. The van der Waals surface area contributed by atoms with E-state index in [1.54, 1.807) is 0 Å². The van der Waals surface area contributed by atoms with E-state index in [4.69, 9.17) is 10.6 Å². The van der Waals surface area contributed by atoms with Gasteiger partial charge in [0.25, 0.3) is 0 Å². The summed E-state index contributed by atoms with van der Waals surface area (Å²) in [6.07, 6.45) is 1.46. The molecule has 0 amide bonds. The Bertz CT molecular complexity index is 607. The molecule has 0 saturated heterocycles. The molecule has 2 rings (SSSR count). The van der Waals surface area contributed by atoms with Gasteiger partial charge in [-0.2, -0.15) is 9.37 Å². The number of benzene rings is 1. The third kappa shape index (κ3) is 3.18. The van der Waals surface area contributed by atoms with E-state index in [2.05, 4.69) is 15.4 Å². The number of anilines is 1. The van der Waals surface area contributed by atoms with Gasteiger partial charge in [0.1, 0.15) is 11.6 Å². The van der Waals surface area contributed by atoms with E-state index in [1.807, 2.05) is 6.92 Å². The van der Waals surface area contributed by atoms with E-state index in [9.17, 15) is 8.78 Å². The number of hydrazine groups is 1. The van der Waals surface area contributed by atoms with Gasteiger partial charge in [-0.05, 0) is 18.6 Å². The molecule has 1 aromatic heterocycles. The molecule has 0 fully saturated rings. The van der Waals surface area contributed by atoms with E-state index in [-0.39, 0.29) is 11.6 Å². The first-order valence-corrected chi connectivity index (χ1v) is 6.10. The topological polar surface area (TPSA) is 73.1 Å². The van der Waals surface area contributed by atoms with Crippen molar-refractivity contribution >= 4 is 5.82 Å². The molecule has 106 valence electrons. The minimum absolute atomic E-state index is 0.0981. The smallest absolute Gasteiger partial charge is 0.224 e. The van der Waals surface area contributed by atoms with Gasteiger partial charge < -0.3 is 10.2 Å². The molecule has 0 spiro atoms. The minimum Gasteiger partial charge on any atom is -0.436 e. The standard InChI is InChI=1S/C13H14F2N4O/c1-2-4-10-17-11(19-16)7-12(18-10)20-9-6-3-5-8(14)13(9)15/h3,5-7H,2,4,16H2,1H3,(H,17,18,19). The summed E-state index contributed by atoms with van der Waals surface area (Å²) in [5, 5.41) is 0. The van der Waals surface area contributed by atoms with Gasteiger partial charge in [0.05, 0.1) is 0 Å². The first-order chi connectivity index (χ1) is 9.63. The Hall–Kier alpha value is -2.28. The molecule has 1 heterocycles. The van der Waals surface area contributed by atoms with Gasteiger partial charge in [-0.1, -0.05) is 13.0 Å². The van der Waals surface area contributed by atoms with Gasteiger partial charge in [-0.3, -0.25) is 0 Å². The molecule has 3 N–H and O–H groups in total. The Labute approximate surface area is 114 Å². The zero-order valence-electron chi connectivity index (χ0n) is 10.9. The molecule has 2 aromatic rings. The van der Waals surface area contributed by atoms with E-state index in [0.717, 1.165) is 12.5 Å². The fourth-order valence-electron chi connectivity index (χ4n) is 1.61. The molecule has 0 aliphatic rings. The van der Waals surface area contributed by atoms with Crippen LogP contribution in [0, 0.1) is 11.6 Å². The second kappa shape index (κ2) is 6.25. The number of hydrogen-bond donors (Lipinski definition) is 2. The van der Waals surface area contributed by atoms with Crippen LogP contribution in [0.15, 0.2) is 24.3 Å². The number of nitrogens with one attached hydrogen (secondary N) is 1. The number of aryl methyl sites for hydroxylation is 1. The fourth-order valence-corrected chi connectivity index (χ4v) is 1.61. The Balaban J connectivity index is 2.32. The summed E-state index contributed by atoms with van der Waals surface area (Å²) in [4.78, 5) is 8.25. The van der Waals surface area contributed by atoms with Crippen molar-refractivity contribution in [3.05, 3.63) is 41.7 Å².